The lowest BCUT2D eigenvalue weighted by atomic mass is 9.95. The molecule has 0 radical (unpaired) electrons. The van der Waals surface area contributed by atoms with E-state index in [9.17, 15) is 0 Å². The van der Waals surface area contributed by atoms with Crippen LogP contribution in [0.4, 0.5) is 0 Å². The number of nitrogens with zero attached hydrogens (tertiary/aromatic N) is 1. The Kier molecular flexibility index (Phi) is 5.37. The van der Waals surface area contributed by atoms with Crippen LogP contribution >= 0.6 is 22.9 Å². The van der Waals surface area contributed by atoms with E-state index in [4.69, 9.17) is 11.6 Å². The zero-order chi connectivity index (χ0) is 13.7. The van der Waals surface area contributed by atoms with E-state index in [0.717, 1.165) is 29.4 Å². The van der Waals surface area contributed by atoms with E-state index in [0.29, 0.717) is 5.92 Å². The predicted octanol–water partition coefficient (Wildman–Crippen LogP) is 3.73. The van der Waals surface area contributed by atoms with Crippen LogP contribution < -0.4 is 5.32 Å². The Bertz CT molecular complexity index is 524. The molecule has 0 saturated heterocycles. The van der Waals surface area contributed by atoms with Crippen LogP contribution in [0, 0.1) is 12.8 Å². The van der Waals surface area contributed by atoms with Crippen molar-refractivity contribution in [2.24, 2.45) is 5.92 Å². The minimum atomic E-state index is 0.546. The molecule has 0 aliphatic rings. The fourth-order valence-electron chi connectivity index (χ4n) is 2.26. The van der Waals surface area contributed by atoms with E-state index in [1.165, 1.54) is 10.4 Å². The van der Waals surface area contributed by atoms with Gasteiger partial charge in [-0.3, -0.25) is 0 Å². The largest absolute Gasteiger partial charge is 0.319 e. The Morgan fingerprint density at radius 1 is 1.32 bits per heavy atom. The normalized spacial score (nSPS) is 12.6. The van der Waals surface area contributed by atoms with Crippen molar-refractivity contribution in [2.75, 3.05) is 13.6 Å². The molecule has 102 valence electrons. The van der Waals surface area contributed by atoms with Crippen LogP contribution in [0.3, 0.4) is 0 Å². The Hall–Kier alpha value is -0.900. The summed E-state index contributed by atoms with van der Waals surface area (Å²) < 4.78 is 0. The molecule has 2 nitrogen and oxygen atoms in total. The number of rotatable bonds is 6. The first kappa shape index (κ1) is 14.5. The quantitative estimate of drug-likeness (QED) is 0.878. The average molecular weight is 295 g/mol. The van der Waals surface area contributed by atoms with Gasteiger partial charge in [-0.15, -0.1) is 11.3 Å². The number of hydrogen-bond donors (Lipinski definition) is 1. The summed E-state index contributed by atoms with van der Waals surface area (Å²) in [5, 5.41) is 5.28. The standard InChI is InChI=1S/C15H19ClN2S/c1-11-18-10-14(19-11)8-12(9-17-2)7-13-5-3-4-6-15(13)16/h3-6,10,12,17H,7-9H2,1-2H3. The molecule has 1 aromatic carbocycles. The average Bonchev–Trinajstić information content (AvgIpc) is 2.78. The minimum Gasteiger partial charge on any atom is -0.319 e. The molecular weight excluding hydrogens is 276 g/mol. The van der Waals surface area contributed by atoms with Crippen LogP contribution in [0.5, 0.6) is 0 Å². The molecule has 0 fully saturated rings. The first-order valence-electron chi connectivity index (χ1n) is 6.48. The lowest BCUT2D eigenvalue weighted by Crippen LogP contribution is -2.22. The lowest BCUT2D eigenvalue weighted by molar-refractivity contribution is 0.496. The maximum absolute atomic E-state index is 6.25. The molecule has 1 heterocycles. The van der Waals surface area contributed by atoms with Crippen LogP contribution in [0.1, 0.15) is 15.4 Å². The molecule has 19 heavy (non-hydrogen) atoms. The number of aromatic nitrogens is 1. The van der Waals surface area contributed by atoms with Gasteiger partial charge in [-0.25, -0.2) is 4.98 Å². The highest BCUT2D eigenvalue weighted by Crippen LogP contribution is 2.22. The molecular formula is C15H19ClN2S. The second-order valence-corrected chi connectivity index (χ2v) is 6.50. The van der Waals surface area contributed by atoms with E-state index in [1.807, 2.05) is 25.4 Å². The van der Waals surface area contributed by atoms with Crippen LogP contribution in [0.25, 0.3) is 0 Å². The van der Waals surface area contributed by atoms with Gasteiger partial charge in [-0.1, -0.05) is 29.8 Å². The number of halogens is 1. The zero-order valence-electron chi connectivity index (χ0n) is 11.3. The van der Waals surface area contributed by atoms with Gasteiger partial charge in [0.05, 0.1) is 5.01 Å². The summed E-state index contributed by atoms with van der Waals surface area (Å²) in [5.41, 5.74) is 1.23. The molecule has 0 aliphatic heterocycles. The summed E-state index contributed by atoms with van der Waals surface area (Å²) in [5.74, 6) is 0.546. The second-order valence-electron chi connectivity index (χ2n) is 4.77. The van der Waals surface area contributed by atoms with Gasteiger partial charge in [0, 0.05) is 16.1 Å². The maximum Gasteiger partial charge on any atom is 0.0896 e. The highest BCUT2D eigenvalue weighted by atomic mass is 35.5. The SMILES string of the molecule is CNCC(Cc1cnc(C)s1)Cc1ccccc1Cl. The molecule has 0 amide bonds. The molecule has 0 bridgehead atoms. The van der Waals surface area contributed by atoms with Gasteiger partial charge in [0.1, 0.15) is 0 Å². The van der Waals surface area contributed by atoms with Crippen molar-refractivity contribution in [2.45, 2.75) is 19.8 Å². The first-order valence-corrected chi connectivity index (χ1v) is 7.67. The van der Waals surface area contributed by atoms with Gasteiger partial charge >= 0.3 is 0 Å². The Balaban J connectivity index is 2.06. The monoisotopic (exact) mass is 294 g/mol. The number of hydrogen-bond acceptors (Lipinski definition) is 3. The van der Waals surface area contributed by atoms with Crippen molar-refractivity contribution in [3.05, 3.63) is 50.9 Å². The van der Waals surface area contributed by atoms with Crippen LogP contribution in [0.2, 0.25) is 5.02 Å². The van der Waals surface area contributed by atoms with Crippen LogP contribution in [-0.2, 0) is 12.8 Å². The Labute approximate surface area is 123 Å². The van der Waals surface area contributed by atoms with Crippen molar-refractivity contribution < 1.29 is 0 Å². The Morgan fingerprint density at radius 2 is 2.11 bits per heavy atom. The molecule has 0 spiro atoms. The summed E-state index contributed by atoms with van der Waals surface area (Å²) in [4.78, 5) is 5.68. The molecule has 2 aromatic rings. The fraction of sp³-hybridized carbons (Fsp3) is 0.400. The summed E-state index contributed by atoms with van der Waals surface area (Å²) >= 11 is 8.03. The van der Waals surface area contributed by atoms with E-state index >= 15 is 0 Å². The smallest absolute Gasteiger partial charge is 0.0896 e. The molecule has 2 rings (SSSR count). The first-order chi connectivity index (χ1) is 9.19. The highest BCUT2D eigenvalue weighted by Gasteiger charge is 2.13. The number of benzene rings is 1. The predicted molar refractivity (Wildman–Crippen MR) is 83.1 cm³/mol. The third-order valence-corrected chi connectivity index (χ3v) is 4.42. The van der Waals surface area contributed by atoms with Gasteiger partial charge in [0.2, 0.25) is 0 Å². The van der Waals surface area contributed by atoms with Crippen LogP contribution in [0.15, 0.2) is 30.5 Å². The zero-order valence-corrected chi connectivity index (χ0v) is 12.9. The van der Waals surface area contributed by atoms with Crippen LogP contribution in [-0.4, -0.2) is 18.6 Å². The molecule has 4 heteroatoms. The van der Waals surface area contributed by atoms with Crippen molar-refractivity contribution in [1.29, 1.82) is 0 Å². The second kappa shape index (κ2) is 7.04. The molecule has 1 atom stereocenters. The van der Waals surface area contributed by atoms with Crippen molar-refractivity contribution in [3.8, 4) is 0 Å². The van der Waals surface area contributed by atoms with Gasteiger partial charge in [-0.2, -0.15) is 0 Å². The fourth-order valence-corrected chi connectivity index (χ4v) is 3.39. The van der Waals surface area contributed by atoms with E-state index in [1.54, 1.807) is 11.3 Å². The lowest BCUT2D eigenvalue weighted by Gasteiger charge is -2.16. The molecule has 0 saturated carbocycles. The number of aryl methyl sites for hydroxylation is 1. The van der Waals surface area contributed by atoms with Crippen molar-refractivity contribution >= 4 is 22.9 Å². The molecule has 1 aromatic heterocycles. The van der Waals surface area contributed by atoms with E-state index < -0.39 is 0 Å². The van der Waals surface area contributed by atoms with Crippen molar-refractivity contribution in [3.63, 3.8) is 0 Å². The molecule has 1 N–H and O–H groups in total. The van der Waals surface area contributed by atoms with E-state index in [2.05, 4.69) is 29.4 Å². The highest BCUT2D eigenvalue weighted by molar-refractivity contribution is 7.11. The number of nitrogens with one attached hydrogen (secondary N) is 1. The third kappa shape index (κ3) is 4.30. The minimum absolute atomic E-state index is 0.546. The van der Waals surface area contributed by atoms with Gasteiger partial charge in [0.15, 0.2) is 0 Å². The summed E-state index contributed by atoms with van der Waals surface area (Å²) in [6, 6.07) is 8.10. The topological polar surface area (TPSA) is 24.9 Å². The summed E-state index contributed by atoms with van der Waals surface area (Å²) in [6.45, 7) is 3.04. The molecule has 1 unspecified atom stereocenters. The molecule has 0 aliphatic carbocycles. The van der Waals surface area contributed by atoms with Crippen molar-refractivity contribution in [1.82, 2.24) is 10.3 Å². The van der Waals surface area contributed by atoms with Gasteiger partial charge in [0.25, 0.3) is 0 Å². The van der Waals surface area contributed by atoms with E-state index in [-0.39, 0.29) is 0 Å². The van der Waals surface area contributed by atoms with Gasteiger partial charge in [-0.05, 0) is 50.9 Å². The maximum atomic E-state index is 6.25. The third-order valence-electron chi connectivity index (χ3n) is 3.12. The van der Waals surface area contributed by atoms with Gasteiger partial charge < -0.3 is 5.32 Å². The summed E-state index contributed by atoms with van der Waals surface area (Å²) in [6.07, 6.45) is 4.05. The number of thiazole rings is 1. The Morgan fingerprint density at radius 3 is 2.74 bits per heavy atom. The summed E-state index contributed by atoms with van der Waals surface area (Å²) in [7, 11) is 2.00.